The van der Waals surface area contributed by atoms with Crippen LogP contribution in [0, 0.1) is 5.92 Å². The molecule has 2 heterocycles. The van der Waals surface area contributed by atoms with E-state index in [0.29, 0.717) is 18.1 Å². The molecule has 3 nitrogen and oxygen atoms in total. The van der Waals surface area contributed by atoms with Gasteiger partial charge in [0.05, 0.1) is 11.7 Å². The highest BCUT2D eigenvalue weighted by Gasteiger charge is 2.41. The van der Waals surface area contributed by atoms with Gasteiger partial charge in [0.15, 0.2) is 0 Å². The summed E-state index contributed by atoms with van der Waals surface area (Å²) in [5, 5.41) is 0. The molecule has 0 radical (unpaired) electrons. The fourth-order valence-corrected chi connectivity index (χ4v) is 4.45. The summed E-state index contributed by atoms with van der Waals surface area (Å²) in [5.74, 6) is 0.672. The highest BCUT2D eigenvalue weighted by molar-refractivity contribution is 4.93. The predicted molar refractivity (Wildman–Crippen MR) is 80.7 cm³/mol. The van der Waals surface area contributed by atoms with Crippen LogP contribution in [0.5, 0.6) is 0 Å². The molecule has 116 valence electrons. The van der Waals surface area contributed by atoms with Gasteiger partial charge < -0.3 is 15.2 Å². The lowest BCUT2D eigenvalue weighted by atomic mass is 9.79. The van der Waals surface area contributed by atoms with E-state index in [9.17, 15) is 0 Å². The van der Waals surface area contributed by atoms with E-state index in [-0.39, 0.29) is 5.60 Å². The molecule has 1 saturated carbocycles. The first-order valence-corrected chi connectivity index (χ1v) is 8.79. The van der Waals surface area contributed by atoms with Gasteiger partial charge in [0.2, 0.25) is 0 Å². The maximum Gasteiger partial charge on any atom is 0.0685 e. The fraction of sp³-hybridized carbons (Fsp3) is 1.00. The molecule has 1 aliphatic carbocycles. The first-order valence-electron chi connectivity index (χ1n) is 8.79. The molecule has 0 aromatic rings. The van der Waals surface area contributed by atoms with Crippen LogP contribution < -0.4 is 5.73 Å². The SMILES string of the molecule is NC(CCC1CCCCO1)C1CCOC2(CCCC2)C1. The van der Waals surface area contributed by atoms with Crippen LogP contribution in [0.1, 0.15) is 70.6 Å². The predicted octanol–water partition coefficient (Wildman–Crippen LogP) is 3.40. The quantitative estimate of drug-likeness (QED) is 0.859. The van der Waals surface area contributed by atoms with Crippen molar-refractivity contribution in [2.45, 2.75) is 88.4 Å². The molecule has 0 bridgehead atoms. The monoisotopic (exact) mass is 281 g/mol. The van der Waals surface area contributed by atoms with Crippen LogP contribution in [0.2, 0.25) is 0 Å². The van der Waals surface area contributed by atoms with Crippen molar-refractivity contribution in [3.63, 3.8) is 0 Å². The van der Waals surface area contributed by atoms with Gasteiger partial charge in [-0.15, -0.1) is 0 Å². The Balaban J connectivity index is 1.45. The second-order valence-electron chi connectivity index (χ2n) is 7.22. The topological polar surface area (TPSA) is 44.5 Å². The van der Waals surface area contributed by atoms with E-state index in [4.69, 9.17) is 15.2 Å². The van der Waals surface area contributed by atoms with Crippen LogP contribution in [0.25, 0.3) is 0 Å². The van der Waals surface area contributed by atoms with Crippen molar-refractivity contribution in [1.82, 2.24) is 0 Å². The van der Waals surface area contributed by atoms with Crippen molar-refractivity contribution in [3.05, 3.63) is 0 Å². The van der Waals surface area contributed by atoms with E-state index in [0.717, 1.165) is 32.5 Å². The lowest BCUT2D eigenvalue weighted by Gasteiger charge is -2.40. The summed E-state index contributed by atoms with van der Waals surface area (Å²) in [6.07, 6.45) is 14.2. The maximum absolute atomic E-state index is 6.51. The average molecular weight is 281 g/mol. The molecule has 3 fully saturated rings. The molecule has 2 aliphatic heterocycles. The summed E-state index contributed by atoms with van der Waals surface area (Å²) >= 11 is 0. The van der Waals surface area contributed by atoms with E-state index in [2.05, 4.69) is 0 Å². The molecule has 3 rings (SSSR count). The molecule has 2 saturated heterocycles. The Bertz CT molecular complexity index is 295. The molecule has 3 aliphatic rings. The minimum absolute atomic E-state index is 0.210. The molecule has 0 aromatic carbocycles. The minimum Gasteiger partial charge on any atom is -0.378 e. The Morgan fingerprint density at radius 2 is 1.90 bits per heavy atom. The summed E-state index contributed by atoms with van der Waals surface area (Å²) in [4.78, 5) is 0. The Hall–Kier alpha value is -0.120. The van der Waals surface area contributed by atoms with Crippen molar-refractivity contribution in [2.24, 2.45) is 11.7 Å². The van der Waals surface area contributed by atoms with E-state index < -0.39 is 0 Å². The molecule has 3 atom stereocenters. The minimum atomic E-state index is 0.210. The lowest BCUT2D eigenvalue weighted by Crippen LogP contribution is -2.44. The molecule has 3 unspecified atom stereocenters. The summed E-state index contributed by atoms with van der Waals surface area (Å²) in [7, 11) is 0. The normalized spacial score (nSPS) is 35.2. The third kappa shape index (κ3) is 3.55. The van der Waals surface area contributed by atoms with Crippen molar-refractivity contribution >= 4 is 0 Å². The van der Waals surface area contributed by atoms with Crippen molar-refractivity contribution in [3.8, 4) is 0 Å². The highest BCUT2D eigenvalue weighted by atomic mass is 16.5. The van der Waals surface area contributed by atoms with Crippen LogP contribution >= 0.6 is 0 Å². The Labute approximate surface area is 123 Å². The van der Waals surface area contributed by atoms with Gasteiger partial charge >= 0.3 is 0 Å². The van der Waals surface area contributed by atoms with E-state index in [1.54, 1.807) is 0 Å². The zero-order valence-electron chi connectivity index (χ0n) is 12.8. The number of ether oxygens (including phenoxy) is 2. The lowest BCUT2D eigenvalue weighted by molar-refractivity contribution is -0.0970. The van der Waals surface area contributed by atoms with Gasteiger partial charge in [0.25, 0.3) is 0 Å². The third-order valence-corrected chi connectivity index (χ3v) is 5.75. The molecule has 1 spiro atoms. The number of nitrogens with two attached hydrogens (primary N) is 1. The Kier molecular flexibility index (Phi) is 5.00. The van der Waals surface area contributed by atoms with Gasteiger partial charge in [-0.2, -0.15) is 0 Å². The van der Waals surface area contributed by atoms with Crippen LogP contribution in [0.15, 0.2) is 0 Å². The molecule has 0 aromatic heterocycles. The zero-order valence-corrected chi connectivity index (χ0v) is 12.8. The molecule has 2 N–H and O–H groups in total. The van der Waals surface area contributed by atoms with E-state index in [1.165, 1.54) is 51.4 Å². The summed E-state index contributed by atoms with van der Waals surface area (Å²) in [5.41, 5.74) is 6.72. The van der Waals surface area contributed by atoms with Crippen LogP contribution in [-0.2, 0) is 9.47 Å². The Morgan fingerprint density at radius 1 is 1.05 bits per heavy atom. The number of hydrogen-bond acceptors (Lipinski definition) is 3. The fourth-order valence-electron chi connectivity index (χ4n) is 4.45. The molecule has 20 heavy (non-hydrogen) atoms. The first kappa shape index (κ1) is 14.8. The van der Waals surface area contributed by atoms with Gasteiger partial charge in [-0.25, -0.2) is 0 Å². The van der Waals surface area contributed by atoms with Gasteiger partial charge in [0, 0.05) is 19.3 Å². The van der Waals surface area contributed by atoms with Crippen LogP contribution in [0.4, 0.5) is 0 Å². The summed E-state index contributed by atoms with van der Waals surface area (Å²) < 4.78 is 11.9. The smallest absolute Gasteiger partial charge is 0.0685 e. The third-order valence-electron chi connectivity index (χ3n) is 5.75. The van der Waals surface area contributed by atoms with E-state index >= 15 is 0 Å². The molecular formula is C17H31NO2. The standard InChI is InChI=1S/C17H31NO2/c18-16(7-6-15-5-1-4-11-19-15)14-8-12-20-17(13-14)9-2-3-10-17/h14-16H,1-13,18H2. The Morgan fingerprint density at radius 3 is 2.65 bits per heavy atom. The highest BCUT2D eigenvalue weighted by Crippen LogP contribution is 2.43. The van der Waals surface area contributed by atoms with Gasteiger partial charge in [-0.3, -0.25) is 0 Å². The van der Waals surface area contributed by atoms with Gasteiger partial charge in [0.1, 0.15) is 0 Å². The van der Waals surface area contributed by atoms with Gasteiger partial charge in [-0.1, -0.05) is 12.8 Å². The molecular weight excluding hydrogens is 250 g/mol. The first-order chi connectivity index (χ1) is 9.77. The zero-order chi connectivity index (χ0) is 13.8. The molecule has 3 heteroatoms. The number of hydrogen-bond donors (Lipinski definition) is 1. The number of rotatable bonds is 4. The maximum atomic E-state index is 6.51. The summed E-state index contributed by atoms with van der Waals surface area (Å²) in [6, 6.07) is 0.349. The van der Waals surface area contributed by atoms with Crippen LogP contribution in [0.3, 0.4) is 0 Å². The van der Waals surface area contributed by atoms with Crippen molar-refractivity contribution in [1.29, 1.82) is 0 Å². The van der Waals surface area contributed by atoms with E-state index in [1.807, 2.05) is 0 Å². The van der Waals surface area contributed by atoms with Crippen molar-refractivity contribution < 1.29 is 9.47 Å². The van der Waals surface area contributed by atoms with Crippen molar-refractivity contribution in [2.75, 3.05) is 13.2 Å². The van der Waals surface area contributed by atoms with Gasteiger partial charge in [-0.05, 0) is 63.7 Å². The van der Waals surface area contributed by atoms with Crippen LogP contribution in [-0.4, -0.2) is 31.0 Å². The second-order valence-corrected chi connectivity index (χ2v) is 7.22. The molecule has 0 amide bonds. The summed E-state index contributed by atoms with van der Waals surface area (Å²) in [6.45, 7) is 1.89. The average Bonchev–Trinajstić information content (AvgIpc) is 2.93. The largest absolute Gasteiger partial charge is 0.378 e. The second kappa shape index (κ2) is 6.76.